The van der Waals surface area contributed by atoms with Gasteiger partial charge in [-0.2, -0.15) is 0 Å². The maximum Gasteiger partial charge on any atom is 0.199 e. The molecule has 1 heterocycles. The van der Waals surface area contributed by atoms with Gasteiger partial charge in [0.1, 0.15) is 5.75 Å². The van der Waals surface area contributed by atoms with Gasteiger partial charge in [-0.15, -0.1) is 0 Å². The molecule has 18 heavy (non-hydrogen) atoms. The monoisotopic (exact) mass is 246 g/mol. The van der Waals surface area contributed by atoms with E-state index in [-0.39, 0.29) is 6.29 Å². The van der Waals surface area contributed by atoms with Gasteiger partial charge < -0.3 is 9.47 Å². The molecule has 0 aliphatic carbocycles. The molecule has 1 atom stereocenters. The Morgan fingerprint density at radius 3 is 2.89 bits per heavy atom. The predicted molar refractivity (Wildman–Crippen MR) is 74.6 cm³/mol. The van der Waals surface area contributed by atoms with Crippen molar-refractivity contribution in [1.82, 2.24) is 0 Å². The van der Waals surface area contributed by atoms with Crippen molar-refractivity contribution in [3.05, 3.63) is 36.4 Å². The van der Waals surface area contributed by atoms with Crippen molar-refractivity contribution in [2.24, 2.45) is 0 Å². The summed E-state index contributed by atoms with van der Waals surface area (Å²) in [5, 5.41) is 0. The number of benzene rings is 1. The molecule has 1 aromatic carbocycles. The van der Waals surface area contributed by atoms with Crippen LogP contribution >= 0.6 is 0 Å². The summed E-state index contributed by atoms with van der Waals surface area (Å²) in [4.78, 5) is 0. The average Bonchev–Trinajstić information content (AvgIpc) is 2.53. The van der Waals surface area contributed by atoms with Gasteiger partial charge in [0.05, 0.1) is 6.61 Å². The lowest BCUT2D eigenvalue weighted by Gasteiger charge is -2.19. The first-order valence-electron chi connectivity index (χ1n) is 6.89. The predicted octanol–water partition coefficient (Wildman–Crippen LogP) is 4.41. The van der Waals surface area contributed by atoms with E-state index in [9.17, 15) is 0 Å². The molecule has 1 fully saturated rings. The Balaban J connectivity index is 1.94. The zero-order valence-corrected chi connectivity index (χ0v) is 10.9. The highest BCUT2D eigenvalue weighted by molar-refractivity contribution is 5.49. The molecule has 98 valence electrons. The summed E-state index contributed by atoms with van der Waals surface area (Å²) in [7, 11) is 0. The summed E-state index contributed by atoms with van der Waals surface area (Å²) < 4.78 is 11.7. The van der Waals surface area contributed by atoms with Crippen molar-refractivity contribution in [2.45, 2.75) is 44.8 Å². The van der Waals surface area contributed by atoms with Gasteiger partial charge in [-0.1, -0.05) is 44.1 Å². The molecular formula is C16H22O2. The van der Waals surface area contributed by atoms with Gasteiger partial charge in [-0.05, 0) is 30.5 Å². The van der Waals surface area contributed by atoms with Crippen LogP contribution in [0.15, 0.2) is 30.8 Å². The standard InChI is InChI=1S/C16H22O2/c1-2-14-9-8-10-15(13-14)18-16-11-6-4-3-5-7-12-17-16/h2,8-10,13,16H,1,3-7,11-12H2. The van der Waals surface area contributed by atoms with E-state index < -0.39 is 0 Å². The number of hydrogen-bond acceptors (Lipinski definition) is 2. The molecule has 2 nitrogen and oxygen atoms in total. The van der Waals surface area contributed by atoms with Gasteiger partial charge in [0.2, 0.25) is 0 Å². The lowest BCUT2D eigenvalue weighted by Crippen LogP contribution is -2.20. The highest BCUT2D eigenvalue weighted by Gasteiger charge is 2.12. The third-order valence-corrected chi connectivity index (χ3v) is 3.25. The van der Waals surface area contributed by atoms with Crippen molar-refractivity contribution in [3.8, 4) is 5.75 Å². The molecule has 1 aliphatic heterocycles. The maximum absolute atomic E-state index is 5.92. The molecule has 0 N–H and O–H groups in total. The molecule has 2 heteroatoms. The van der Waals surface area contributed by atoms with Crippen LogP contribution in [0.3, 0.4) is 0 Å². The number of rotatable bonds is 3. The second-order valence-electron chi connectivity index (χ2n) is 4.75. The Labute approximate surface area is 110 Å². The Morgan fingerprint density at radius 2 is 2.00 bits per heavy atom. The summed E-state index contributed by atoms with van der Waals surface area (Å²) in [6.07, 6.45) is 8.94. The Kier molecular flexibility index (Phi) is 5.28. The van der Waals surface area contributed by atoms with Crippen LogP contribution in [0.2, 0.25) is 0 Å². The second kappa shape index (κ2) is 7.22. The largest absolute Gasteiger partial charge is 0.465 e. The molecule has 2 rings (SSSR count). The van der Waals surface area contributed by atoms with Gasteiger partial charge in [0.15, 0.2) is 6.29 Å². The quantitative estimate of drug-likeness (QED) is 0.786. The minimum atomic E-state index is -0.0943. The Bertz CT molecular complexity index is 363. The van der Waals surface area contributed by atoms with E-state index >= 15 is 0 Å². The number of ether oxygens (including phenoxy) is 2. The minimum Gasteiger partial charge on any atom is -0.465 e. The molecule has 0 bridgehead atoms. The molecule has 1 aromatic rings. The second-order valence-corrected chi connectivity index (χ2v) is 4.75. The average molecular weight is 246 g/mol. The summed E-state index contributed by atoms with van der Waals surface area (Å²) >= 11 is 0. The lowest BCUT2D eigenvalue weighted by molar-refractivity contribution is -0.0844. The fraction of sp³-hybridized carbons (Fsp3) is 0.500. The van der Waals surface area contributed by atoms with Crippen LogP contribution in [-0.2, 0) is 4.74 Å². The van der Waals surface area contributed by atoms with Crippen molar-refractivity contribution in [2.75, 3.05) is 6.61 Å². The van der Waals surface area contributed by atoms with Crippen molar-refractivity contribution < 1.29 is 9.47 Å². The van der Waals surface area contributed by atoms with E-state index in [0.717, 1.165) is 30.8 Å². The van der Waals surface area contributed by atoms with E-state index in [1.54, 1.807) is 0 Å². The molecule has 1 unspecified atom stereocenters. The van der Waals surface area contributed by atoms with Crippen LogP contribution < -0.4 is 4.74 Å². The van der Waals surface area contributed by atoms with Crippen molar-refractivity contribution in [1.29, 1.82) is 0 Å². The highest BCUT2D eigenvalue weighted by Crippen LogP contribution is 2.20. The normalized spacial score (nSPS) is 21.4. The van der Waals surface area contributed by atoms with Gasteiger partial charge in [0.25, 0.3) is 0 Å². The van der Waals surface area contributed by atoms with E-state index in [2.05, 4.69) is 6.58 Å². The van der Waals surface area contributed by atoms with Gasteiger partial charge in [-0.3, -0.25) is 0 Å². The first-order valence-corrected chi connectivity index (χ1v) is 6.89. The van der Waals surface area contributed by atoms with Crippen LogP contribution in [0.5, 0.6) is 5.75 Å². The smallest absolute Gasteiger partial charge is 0.199 e. The van der Waals surface area contributed by atoms with Gasteiger partial charge in [-0.25, -0.2) is 0 Å². The molecule has 0 saturated carbocycles. The Morgan fingerprint density at radius 1 is 1.17 bits per heavy atom. The molecule has 0 radical (unpaired) electrons. The van der Waals surface area contributed by atoms with Crippen LogP contribution in [-0.4, -0.2) is 12.9 Å². The van der Waals surface area contributed by atoms with Crippen LogP contribution in [0.1, 0.15) is 44.1 Å². The lowest BCUT2D eigenvalue weighted by atomic mass is 10.1. The summed E-state index contributed by atoms with van der Waals surface area (Å²) in [5.74, 6) is 0.872. The van der Waals surface area contributed by atoms with Crippen molar-refractivity contribution in [3.63, 3.8) is 0 Å². The van der Waals surface area contributed by atoms with E-state index in [4.69, 9.17) is 9.47 Å². The fourth-order valence-electron chi connectivity index (χ4n) is 2.20. The first-order chi connectivity index (χ1) is 8.88. The fourth-order valence-corrected chi connectivity index (χ4v) is 2.20. The summed E-state index contributed by atoms with van der Waals surface area (Å²) in [6.45, 7) is 4.58. The first kappa shape index (κ1) is 13.2. The summed E-state index contributed by atoms with van der Waals surface area (Å²) in [5.41, 5.74) is 1.08. The van der Waals surface area contributed by atoms with Crippen LogP contribution in [0.25, 0.3) is 6.08 Å². The van der Waals surface area contributed by atoms with Crippen LogP contribution in [0, 0.1) is 0 Å². The van der Waals surface area contributed by atoms with Gasteiger partial charge in [0, 0.05) is 6.42 Å². The van der Waals surface area contributed by atoms with E-state index in [1.165, 1.54) is 25.7 Å². The Hall–Kier alpha value is -1.28. The third kappa shape index (κ3) is 4.19. The molecule has 0 spiro atoms. The molecule has 0 aromatic heterocycles. The van der Waals surface area contributed by atoms with E-state index in [1.807, 2.05) is 30.3 Å². The zero-order chi connectivity index (χ0) is 12.6. The van der Waals surface area contributed by atoms with Gasteiger partial charge >= 0.3 is 0 Å². The topological polar surface area (TPSA) is 18.5 Å². The maximum atomic E-state index is 5.92. The van der Waals surface area contributed by atoms with E-state index in [0.29, 0.717) is 0 Å². The molecule has 1 saturated heterocycles. The van der Waals surface area contributed by atoms with Crippen LogP contribution in [0.4, 0.5) is 0 Å². The molecule has 1 aliphatic rings. The van der Waals surface area contributed by atoms with Crippen molar-refractivity contribution >= 4 is 6.08 Å². The molecule has 0 amide bonds. The summed E-state index contributed by atoms with van der Waals surface area (Å²) in [6, 6.07) is 7.98. The minimum absolute atomic E-state index is 0.0943. The highest BCUT2D eigenvalue weighted by atomic mass is 16.7. The SMILES string of the molecule is C=Cc1cccc(OC2CCCCCCCO2)c1. The molecular weight excluding hydrogens is 224 g/mol. The third-order valence-electron chi connectivity index (χ3n) is 3.25. The number of hydrogen-bond donors (Lipinski definition) is 0. The zero-order valence-electron chi connectivity index (χ0n) is 10.9.